The van der Waals surface area contributed by atoms with Crippen molar-refractivity contribution in [1.82, 2.24) is 14.5 Å². The summed E-state index contributed by atoms with van der Waals surface area (Å²) in [5, 5.41) is 0. The zero-order valence-corrected chi connectivity index (χ0v) is 14.8. The summed E-state index contributed by atoms with van der Waals surface area (Å²) in [6.07, 6.45) is 0.832. The predicted octanol–water partition coefficient (Wildman–Crippen LogP) is 0.218. The fourth-order valence-corrected chi connectivity index (χ4v) is 3.50. The van der Waals surface area contributed by atoms with Crippen molar-refractivity contribution in [2.75, 3.05) is 32.7 Å². The maximum Gasteiger partial charge on any atom is 0.241 e. The van der Waals surface area contributed by atoms with Crippen LogP contribution in [-0.2, 0) is 26.0 Å². The number of amides is 2. The standard InChI is InChI=1S/C16H23N3O4S/c1-3-14-4-6-15(7-5-14)24(22,23)17-12-16(21)19-10-8-18(9-11-19)13(2)20/h4-7,17H,3,8-12H2,1-2H3. The lowest BCUT2D eigenvalue weighted by Crippen LogP contribution is -2.52. The predicted molar refractivity (Wildman–Crippen MR) is 89.8 cm³/mol. The average Bonchev–Trinajstić information content (AvgIpc) is 2.60. The van der Waals surface area contributed by atoms with Crippen LogP contribution in [0.15, 0.2) is 29.2 Å². The third-order valence-corrected chi connectivity index (χ3v) is 5.55. The van der Waals surface area contributed by atoms with E-state index in [1.54, 1.807) is 21.9 Å². The molecule has 0 saturated carbocycles. The van der Waals surface area contributed by atoms with E-state index in [1.165, 1.54) is 19.1 Å². The molecule has 0 radical (unpaired) electrons. The zero-order chi connectivity index (χ0) is 17.7. The van der Waals surface area contributed by atoms with Crippen molar-refractivity contribution in [2.24, 2.45) is 0 Å². The molecule has 1 heterocycles. The SMILES string of the molecule is CCc1ccc(S(=O)(=O)NCC(=O)N2CCN(C(C)=O)CC2)cc1. The number of benzene rings is 1. The van der Waals surface area contributed by atoms with Gasteiger partial charge in [-0.25, -0.2) is 13.1 Å². The Labute approximate surface area is 142 Å². The van der Waals surface area contributed by atoms with Crippen LogP contribution in [0, 0.1) is 0 Å². The second kappa shape index (κ2) is 7.76. The molecule has 1 fully saturated rings. The van der Waals surface area contributed by atoms with E-state index in [1.807, 2.05) is 6.92 Å². The molecular weight excluding hydrogens is 330 g/mol. The van der Waals surface area contributed by atoms with Crippen LogP contribution in [0.4, 0.5) is 0 Å². The summed E-state index contributed by atoms with van der Waals surface area (Å²) in [6, 6.07) is 6.60. The monoisotopic (exact) mass is 353 g/mol. The first-order valence-electron chi connectivity index (χ1n) is 7.95. The molecule has 8 heteroatoms. The molecule has 0 bridgehead atoms. The van der Waals surface area contributed by atoms with Crippen molar-refractivity contribution >= 4 is 21.8 Å². The summed E-state index contributed by atoms with van der Waals surface area (Å²) in [4.78, 5) is 26.8. The summed E-state index contributed by atoms with van der Waals surface area (Å²) in [5.74, 6) is -0.301. The molecule has 1 aliphatic heterocycles. The number of aryl methyl sites for hydroxylation is 1. The highest BCUT2D eigenvalue weighted by molar-refractivity contribution is 7.89. The highest BCUT2D eigenvalue weighted by Gasteiger charge is 2.23. The molecule has 1 saturated heterocycles. The number of nitrogens with zero attached hydrogens (tertiary/aromatic N) is 2. The molecule has 1 N–H and O–H groups in total. The molecule has 2 amide bonds. The third kappa shape index (κ3) is 4.55. The topological polar surface area (TPSA) is 86.8 Å². The van der Waals surface area contributed by atoms with E-state index in [9.17, 15) is 18.0 Å². The van der Waals surface area contributed by atoms with Gasteiger partial charge >= 0.3 is 0 Å². The Balaban J connectivity index is 1.89. The number of piperazine rings is 1. The van der Waals surface area contributed by atoms with E-state index < -0.39 is 10.0 Å². The number of carbonyl (C=O) groups is 2. The van der Waals surface area contributed by atoms with E-state index in [0.717, 1.165) is 12.0 Å². The van der Waals surface area contributed by atoms with Crippen LogP contribution >= 0.6 is 0 Å². The molecule has 24 heavy (non-hydrogen) atoms. The first-order chi connectivity index (χ1) is 11.3. The molecule has 1 aromatic rings. The van der Waals surface area contributed by atoms with Crippen molar-refractivity contribution in [3.05, 3.63) is 29.8 Å². The van der Waals surface area contributed by atoms with Crippen LogP contribution in [0.25, 0.3) is 0 Å². The summed E-state index contributed by atoms with van der Waals surface area (Å²) < 4.78 is 26.8. The number of rotatable bonds is 5. The number of sulfonamides is 1. The molecule has 1 aromatic carbocycles. The van der Waals surface area contributed by atoms with Gasteiger partial charge in [-0.3, -0.25) is 9.59 Å². The maximum atomic E-state index is 12.2. The van der Waals surface area contributed by atoms with Gasteiger partial charge in [0.25, 0.3) is 0 Å². The molecule has 0 aliphatic carbocycles. The second-order valence-corrected chi connectivity index (χ2v) is 7.48. The first-order valence-corrected chi connectivity index (χ1v) is 9.43. The third-order valence-electron chi connectivity index (χ3n) is 4.13. The zero-order valence-electron chi connectivity index (χ0n) is 14.0. The minimum absolute atomic E-state index is 0.0154. The largest absolute Gasteiger partial charge is 0.339 e. The Morgan fingerprint density at radius 1 is 1.04 bits per heavy atom. The molecule has 7 nitrogen and oxygen atoms in total. The Bertz CT molecular complexity index is 693. The number of carbonyl (C=O) groups excluding carboxylic acids is 2. The second-order valence-electron chi connectivity index (χ2n) is 5.71. The van der Waals surface area contributed by atoms with Gasteiger partial charge in [0.2, 0.25) is 21.8 Å². The van der Waals surface area contributed by atoms with Gasteiger partial charge in [0.05, 0.1) is 11.4 Å². The van der Waals surface area contributed by atoms with Crippen LogP contribution < -0.4 is 4.72 Å². The van der Waals surface area contributed by atoms with Crippen LogP contribution in [0.1, 0.15) is 19.4 Å². The van der Waals surface area contributed by atoms with E-state index in [-0.39, 0.29) is 23.3 Å². The Morgan fingerprint density at radius 3 is 2.08 bits per heavy atom. The summed E-state index contributed by atoms with van der Waals surface area (Å²) in [7, 11) is -3.71. The highest BCUT2D eigenvalue weighted by Crippen LogP contribution is 2.11. The van der Waals surface area contributed by atoms with Crippen molar-refractivity contribution in [3.63, 3.8) is 0 Å². The summed E-state index contributed by atoms with van der Waals surface area (Å²) >= 11 is 0. The smallest absolute Gasteiger partial charge is 0.241 e. The van der Waals surface area contributed by atoms with Crippen LogP contribution in [0.3, 0.4) is 0 Å². The van der Waals surface area contributed by atoms with Crippen molar-refractivity contribution in [1.29, 1.82) is 0 Å². The average molecular weight is 353 g/mol. The maximum absolute atomic E-state index is 12.2. The minimum atomic E-state index is -3.71. The minimum Gasteiger partial charge on any atom is -0.339 e. The molecule has 1 aliphatic rings. The van der Waals surface area contributed by atoms with Gasteiger partial charge in [0, 0.05) is 33.1 Å². The number of hydrogen-bond acceptors (Lipinski definition) is 4. The lowest BCUT2D eigenvalue weighted by Gasteiger charge is -2.34. The van der Waals surface area contributed by atoms with Gasteiger partial charge < -0.3 is 9.80 Å². The number of hydrogen-bond donors (Lipinski definition) is 1. The van der Waals surface area contributed by atoms with Gasteiger partial charge in [-0.15, -0.1) is 0 Å². The molecule has 0 unspecified atom stereocenters. The Kier molecular flexibility index (Phi) is 5.95. The molecule has 0 spiro atoms. The van der Waals surface area contributed by atoms with Crippen molar-refractivity contribution < 1.29 is 18.0 Å². The van der Waals surface area contributed by atoms with Crippen molar-refractivity contribution in [3.8, 4) is 0 Å². The normalized spacial score (nSPS) is 15.4. The fraction of sp³-hybridized carbons (Fsp3) is 0.500. The van der Waals surface area contributed by atoms with Gasteiger partial charge in [0.15, 0.2) is 0 Å². The molecule has 0 aromatic heterocycles. The van der Waals surface area contributed by atoms with E-state index in [2.05, 4.69) is 4.72 Å². The van der Waals surface area contributed by atoms with Gasteiger partial charge in [-0.05, 0) is 24.1 Å². The summed E-state index contributed by atoms with van der Waals surface area (Å²) in [5.41, 5.74) is 1.05. The molecule has 2 rings (SSSR count). The van der Waals surface area contributed by atoms with E-state index in [0.29, 0.717) is 26.2 Å². The van der Waals surface area contributed by atoms with Crippen molar-refractivity contribution in [2.45, 2.75) is 25.2 Å². The van der Waals surface area contributed by atoms with Gasteiger partial charge in [-0.2, -0.15) is 0 Å². The van der Waals surface area contributed by atoms with Gasteiger partial charge in [-0.1, -0.05) is 19.1 Å². The lowest BCUT2D eigenvalue weighted by molar-refractivity contribution is -0.137. The number of nitrogens with one attached hydrogen (secondary N) is 1. The lowest BCUT2D eigenvalue weighted by atomic mass is 10.2. The Hall–Kier alpha value is -1.93. The highest BCUT2D eigenvalue weighted by atomic mass is 32.2. The molecular formula is C16H23N3O4S. The summed E-state index contributed by atoms with van der Waals surface area (Å²) in [6.45, 7) is 5.01. The van der Waals surface area contributed by atoms with E-state index >= 15 is 0 Å². The Morgan fingerprint density at radius 2 is 1.58 bits per heavy atom. The quantitative estimate of drug-likeness (QED) is 0.820. The van der Waals surface area contributed by atoms with Crippen LogP contribution in [0.5, 0.6) is 0 Å². The molecule has 0 atom stereocenters. The van der Waals surface area contributed by atoms with Gasteiger partial charge in [0.1, 0.15) is 0 Å². The van der Waals surface area contributed by atoms with E-state index in [4.69, 9.17) is 0 Å². The van der Waals surface area contributed by atoms with Crippen LogP contribution in [-0.4, -0.2) is 62.8 Å². The van der Waals surface area contributed by atoms with Crippen LogP contribution in [0.2, 0.25) is 0 Å². The fourth-order valence-electron chi connectivity index (χ4n) is 2.53. The first kappa shape index (κ1) is 18.4. The molecule has 132 valence electrons.